The number of nitro groups is 1. The van der Waals surface area contributed by atoms with E-state index >= 15 is 0 Å². The predicted octanol–water partition coefficient (Wildman–Crippen LogP) is 1.66. The van der Waals surface area contributed by atoms with Gasteiger partial charge in [-0.3, -0.25) is 14.9 Å². The number of nitrogens with zero attached hydrogens (tertiary/aromatic N) is 3. The Kier molecular flexibility index (Phi) is 5.49. The van der Waals surface area contributed by atoms with Gasteiger partial charge in [-0.15, -0.1) is 0 Å². The molecule has 1 aromatic heterocycles. The molecule has 12 heteroatoms. The first-order chi connectivity index (χ1) is 14.2. The molecule has 0 bridgehead atoms. The molecule has 11 nitrogen and oxygen atoms in total. The Balaban J connectivity index is 1.82. The van der Waals surface area contributed by atoms with Gasteiger partial charge in [0.15, 0.2) is 5.75 Å². The van der Waals surface area contributed by atoms with Crippen molar-refractivity contribution in [2.45, 2.75) is 0 Å². The summed E-state index contributed by atoms with van der Waals surface area (Å²) in [4.78, 5) is 39.9. The van der Waals surface area contributed by atoms with Crippen LogP contribution in [0.25, 0.3) is 11.3 Å². The normalized spacial score (nSPS) is 10.8. The van der Waals surface area contributed by atoms with E-state index in [-0.39, 0.29) is 17.0 Å². The van der Waals surface area contributed by atoms with Gasteiger partial charge in [-0.1, -0.05) is 0 Å². The summed E-state index contributed by atoms with van der Waals surface area (Å²) in [5.41, 5.74) is 0.780. The Hall–Kier alpha value is -4.61. The van der Waals surface area contributed by atoms with Crippen molar-refractivity contribution in [3.63, 3.8) is 0 Å². The van der Waals surface area contributed by atoms with Crippen molar-refractivity contribution < 1.29 is 24.3 Å². The molecule has 0 spiro atoms. The smallest absolute Gasteiger partial charge is 0.346 e. The molecule has 2 aromatic carbocycles. The maximum absolute atomic E-state index is 13.1. The Morgan fingerprint density at radius 2 is 1.90 bits per heavy atom. The molecule has 3 rings (SSSR count). The van der Waals surface area contributed by atoms with Gasteiger partial charge in [0.05, 0.1) is 16.8 Å². The zero-order chi connectivity index (χ0) is 21.8. The Morgan fingerprint density at radius 3 is 2.57 bits per heavy atom. The minimum absolute atomic E-state index is 0.125. The fraction of sp³-hybridized carbons (Fsp3) is 0. The summed E-state index contributed by atoms with van der Waals surface area (Å²) in [5, 5.41) is 33.6. The number of carbonyl (C=O) groups is 1. The number of aromatic hydroxyl groups is 2. The first kappa shape index (κ1) is 20.1. The van der Waals surface area contributed by atoms with Crippen LogP contribution in [0.4, 0.5) is 10.1 Å². The summed E-state index contributed by atoms with van der Waals surface area (Å²) < 4.78 is 13.1. The highest BCUT2D eigenvalue weighted by atomic mass is 19.1. The number of carbonyl (C=O) groups excluding carboxylic acids is 1. The number of hydrogen-bond acceptors (Lipinski definition) is 8. The number of nitro benzene ring substituents is 1. The summed E-state index contributed by atoms with van der Waals surface area (Å²) in [6.07, 6.45) is 0.917. The first-order valence-electron chi connectivity index (χ1n) is 8.15. The molecule has 4 N–H and O–H groups in total. The molecule has 1 amide bonds. The molecule has 0 radical (unpaired) electrons. The second-order valence-corrected chi connectivity index (χ2v) is 5.85. The Morgan fingerprint density at radius 1 is 1.20 bits per heavy atom. The zero-order valence-electron chi connectivity index (χ0n) is 14.9. The molecule has 3 aromatic rings. The van der Waals surface area contributed by atoms with E-state index in [1.165, 1.54) is 30.3 Å². The van der Waals surface area contributed by atoms with Gasteiger partial charge in [0, 0.05) is 23.3 Å². The van der Waals surface area contributed by atoms with Gasteiger partial charge >= 0.3 is 11.4 Å². The van der Waals surface area contributed by atoms with Crippen molar-refractivity contribution in [3.05, 3.63) is 80.1 Å². The van der Waals surface area contributed by atoms with E-state index in [1.54, 1.807) is 0 Å². The van der Waals surface area contributed by atoms with Crippen LogP contribution in [0.3, 0.4) is 0 Å². The number of nitrogens with one attached hydrogen (secondary N) is 2. The van der Waals surface area contributed by atoms with Gasteiger partial charge in [0.1, 0.15) is 17.3 Å². The van der Waals surface area contributed by atoms with E-state index in [2.05, 4.69) is 20.5 Å². The highest BCUT2D eigenvalue weighted by Crippen LogP contribution is 2.31. The van der Waals surface area contributed by atoms with Crippen LogP contribution in [0, 0.1) is 15.9 Å². The fourth-order valence-corrected chi connectivity index (χ4v) is 2.40. The Bertz CT molecular complexity index is 1220. The molecule has 0 aliphatic rings. The van der Waals surface area contributed by atoms with Gasteiger partial charge in [-0.05, 0) is 30.3 Å². The number of amides is 1. The average molecular weight is 413 g/mol. The van der Waals surface area contributed by atoms with Crippen molar-refractivity contribution in [1.82, 2.24) is 15.4 Å². The molecule has 1 heterocycles. The monoisotopic (exact) mass is 413 g/mol. The molecule has 152 valence electrons. The van der Waals surface area contributed by atoms with Gasteiger partial charge in [0.25, 0.3) is 5.91 Å². The minimum Gasteiger partial charge on any atom is -0.507 e. The third kappa shape index (κ3) is 4.44. The number of rotatable bonds is 5. The number of phenols is 2. The van der Waals surface area contributed by atoms with E-state index in [1.807, 2.05) is 0 Å². The highest BCUT2D eigenvalue weighted by Gasteiger charge is 2.17. The molecule has 0 atom stereocenters. The van der Waals surface area contributed by atoms with E-state index in [0.717, 1.165) is 18.3 Å². The molecule has 0 saturated heterocycles. The SMILES string of the molecule is O=C(N/N=C/c1cc([N+](=O)[O-])c(O)cc1O)c1cc(-c2ccc(F)cc2)nc(=O)[nH]1. The highest BCUT2D eigenvalue weighted by molar-refractivity contribution is 5.94. The quantitative estimate of drug-likeness (QED) is 0.280. The summed E-state index contributed by atoms with van der Waals surface area (Å²) in [5.74, 6) is -2.57. The number of aromatic amines is 1. The number of H-pyrrole nitrogens is 1. The number of aromatic nitrogens is 2. The standard InChI is InChI=1S/C18H12FN5O6/c19-11-3-1-9(2-4-11)12-6-13(22-18(28)21-12)17(27)23-20-8-10-5-14(24(29)30)16(26)7-15(10)25/h1-8,25-26H,(H,23,27)(H,21,22,28)/b20-8+. The number of phenolic OH excluding ortho intramolecular Hbond substituents is 2. The van der Waals surface area contributed by atoms with Crippen LogP contribution in [0.5, 0.6) is 11.5 Å². The molecule has 0 aliphatic carbocycles. The summed E-state index contributed by atoms with van der Waals surface area (Å²) in [7, 11) is 0. The van der Waals surface area contributed by atoms with Crippen LogP contribution in [-0.4, -0.2) is 37.2 Å². The van der Waals surface area contributed by atoms with E-state index in [0.29, 0.717) is 5.56 Å². The summed E-state index contributed by atoms with van der Waals surface area (Å²) >= 11 is 0. The topological polar surface area (TPSA) is 171 Å². The Labute approximate surface area is 166 Å². The average Bonchev–Trinajstić information content (AvgIpc) is 2.69. The third-order valence-corrected chi connectivity index (χ3v) is 3.82. The maximum atomic E-state index is 13.1. The van der Waals surface area contributed by atoms with Crippen molar-refractivity contribution in [1.29, 1.82) is 0 Å². The third-order valence-electron chi connectivity index (χ3n) is 3.82. The van der Waals surface area contributed by atoms with Gasteiger partial charge in [0.2, 0.25) is 0 Å². The molecule has 0 aliphatic heterocycles. The van der Waals surface area contributed by atoms with Crippen LogP contribution in [0.2, 0.25) is 0 Å². The lowest BCUT2D eigenvalue weighted by Gasteiger charge is -2.04. The number of hydrogen-bond donors (Lipinski definition) is 4. The van der Waals surface area contributed by atoms with Crippen LogP contribution in [0.1, 0.15) is 16.1 Å². The molecule has 0 fully saturated rings. The largest absolute Gasteiger partial charge is 0.507 e. The summed E-state index contributed by atoms with van der Waals surface area (Å²) in [6, 6.07) is 7.99. The van der Waals surface area contributed by atoms with E-state index < -0.39 is 39.5 Å². The number of halogens is 1. The van der Waals surface area contributed by atoms with E-state index in [9.17, 15) is 34.3 Å². The first-order valence-corrected chi connectivity index (χ1v) is 8.15. The second-order valence-electron chi connectivity index (χ2n) is 5.85. The minimum atomic E-state index is -0.858. The van der Waals surface area contributed by atoms with Crippen molar-refractivity contribution in [3.8, 4) is 22.8 Å². The lowest BCUT2D eigenvalue weighted by Crippen LogP contribution is -2.24. The molecule has 30 heavy (non-hydrogen) atoms. The van der Waals surface area contributed by atoms with Crippen LogP contribution < -0.4 is 11.1 Å². The van der Waals surface area contributed by atoms with Crippen molar-refractivity contribution >= 4 is 17.8 Å². The lowest BCUT2D eigenvalue weighted by molar-refractivity contribution is -0.385. The van der Waals surface area contributed by atoms with Crippen LogP contribution in [-0.2, 0) is 0 Å². The number of hydrazone groups is 1. The van der Waals surface area contributed by atoms with Crippen molar-refractivity contribution in [2.24, 2.45) is 5.10 Å². The van der Waals surface area contributed by atoms with Crippen LogP contribution >= 0.6 is 0 Å². The fourth-order valence-electron chi connectivity index (χ4n) is 2.40. The van der Waals surface area contributed by atoms with Crippen molar-refractivity contribution in [2.75, 3.05) is 0 Å². The van der Waals surface area contributed by atoms with E-state index in [4.69, 9.17) is 0 Å². The van der Waals surface area contributed by atoms with Gasteiger partial charge in [-0.2, -0.15) is 10.1 Å². The summed E-state index contributed by atoms with van der Waals surface area (Å²) in [6.45, 7) is 0. The molecule has 0 saturated carbocycles. The van der Waals surface area contributed by atoms with Gasteiger partial charge in [-0.25, -0.2) is 14.6 Å². The maximum Gasteiger partial charge on any atom is 0.346 e. The zero-order valence-corrected chi connectivity index (χ0v) is 14.9. The number of benzene rings is 2. The van der Waals surface area contributed by atoms with Crippen LogP contribution in [0.15, 0.2) is 52.4 Å². The predicted molar refractivity (Wildman–Crippen MR) is 102 cm³/mol. The molecular weight excluding hydrogens is 401 g/mol. The van der Waals surface area contributed by atoms with Gasteiger partial charge < -0.3 is 15.2 Å². The second kappa shape index (κ2) is 8.18. The molecule has 0 unspecified atom stereocenters. The molecular formula is C18H12FN5O6. The lowest BCUT2D eigenvalue weighted by atomic mass is 10.1.